The summed E-state index contributed by atoms with van der Waals surface area (Å²) in [6.07, 6.45) is 1.58. The van der Waals surface area contributed by atoms with Crippen LogP contribution in [0.25, 0.3) is 0 Å². The Morgan fingerprint density at radius 2 is 1.96 bits per heavy atom. The molecule has 0 saturated carbocycles. The lowest BCUT2D eigenvalue weighted by Crippen LogP contribution is -2.41. The SMILES string of the molecule is O=C(O)c1cccc(C2CCCN(C(=O)c3cc(=O)[nH]c(=O)[nH]3)C2)c1. The normalized spacial score (nSPS) is 17.3. The van der Waals surface area contributed by atoms with Gasteiger partial charge in [-0.3, -0.25) is 14.6 Å². The van der Waals surface area contributed by atoms with Gasteiger partial charge in [-0.25, -0.2) is 9.59 Å². The van der Waals surface area contributed by atoms with E-state index < -0.39 is 23.1 Å². The number of likely N-dealkylation sites (tertiary alicyclic amines) is 1. The minimum atomic E-state index is -0.994. The molecule has 0 radical (unpaired) electrons. The lowest BCUT2D eigenvalue weighted by Gasteiger charge is -2.33. The van der Waals surface area contributed by atoms with Crippen LogP contribution in [0.5, 0.6) is 0 Å². The maximum Gasteiger partial charge on any atom is 0.335 e. The van der Waals surface area contributed by atoms with Crippen molar-refractivity contribution in [2.75, 3.05) is 13.1 Å². The van der Waals surface area contributed by atoms with Crippen LogP contribution in [0, 0.1) is 0 Å². The van der Waals surface area contributed by atoms with Gasteiger partial charge in [0.1, 0.15) is 5.69 Å². The molecule has 2 aromatic rings. The van der Waals surface area contributed by atoms with E-state index in [-0.39, 0.29) is 17.2 Å². The molecule has 0 bridgehead atoms. The minimum absolute atomic E-state index is 0.00530. The number of rotatable bonds is 3. The van der Waals surface area contributed by atoms with Gasteiger partial charge in [-0.05, 0) is 30.5 Å². The number of aromatic nitrogens is 2. The van der Waals surface area contributed by atoms with Crippen molar-refractivity contribution >= 4 is 11.9 Å². The molecule has 1 aromatic carbocycles. The number of hydrogen-bond acceptors (Lipinski definition) is 4. The highest BCUT2D eigenvalue weighted by atomic mass is 16.4. The second kappa shape index (κ2) is 6.76. The van der Waals surface area contributed by atoms with Gasteiger partial charge >= 0.3 is 11.7 Å². The molecule has 3 rings (SSSR count). The Labute approximate surface area is 142 Å². The molecule has 8 heteroatoms. The summed E-state index contributed by atoms with van der Waals surface area (Å²) in [5.74, 6) is -1.40. The predicted molar refractivity (Wildman–Crippen MR) is 89.0 cm³/mol. The van der Waals surface area contributed by atoms with Gasteiger partial charge in [-0.2, -0.15) is 0 Å². The highest BCUT2D eigenvalue weighted by Crippen LogP contribution is 2.28. The molecule has 1 fully saturated rings. The molecule has 1 aromatic heterocycles. The number of piperidine rings is 1. The summed E-state index contributed by atoms with van der Waals surface area (Å²) < 4.78 is 0. The molecule has 1 aliphatic rings. The van der Waals surface area contributed by atoms with E-state index in [1.54, 1.807) is 17.0 Å². The van der Waals surface area contributed by atoms with Crippen molar-refractivity contribution in [2.24, 2.45) is 0 Å². The fraction of sp³-hybridized carbons (Fsp3) is 0.294. The Kier molecular flexibility index (Phi) is 4.51. The number of carbonyl (C=O) groups is 2. The Morgan fingerprint density at radius 3 is 2.68 bits per heavy atom. The second-order valence-electron chi connectivity index (χ2n) is 6.02. The Balaban J connectivity index is 1.82. The summed E-state index contributed by atoms with van der Waals surface area (Å²) in [6, 6.07) is 7.75. The smallest absolute Gasteiger partial charge is 0.335 e. The highest BCUT2D eigenvalue weighted by Gasteiger charge is 2.26. The van der Waals surface area contributed by atoms with Gasteiger partial charge in [0.2, 0.25) is 0 Å². The summed E-state index contributed by atoms with van der Waals surface area (Å²) >= 11 is 0. The number of carboxylic acids is 1. The summed E-state index contributed by atoms with van der Waals surface area (Å²) in [5.41, 5.74) is -0.334. The quantitative estimate of drug-likeness (QED) is 0.760. The van der Waals surface area contributed by atoms with E-state index in [0.717, 1.165) is 24.5 Å². The number of aromatic carboxylic acids is 1. The van der Waals surface area contributed by atoms with Gasteiger partial charge in [0.25, 0.3) is 11.5 Å². The number of amides is 1. The predicted octanol–water partition coefficient (Wildman–Crippen LogP) is 0.781. The number of benzene rings is 1. The molecule has 0 aliphatic carbocycles. The van der Waals surface area contributed by atoms with Crippen LogP contribution >= 0.6 is 0 Å². The Hall–Kier alpha value is -3.16. The standard InChI is InChI=1S/C17H17N3O5/c21-14-8-13(18-17(25)19-14)15(22)20-6-2-5-12(9-20)10-3-1-4-11(7-10)16(23)24/h1,3-4,7-8,12H,2,5-6,9H2,(H,23,24)(H2,18,19,21,25). The van der Waals surface area contributed by atoms with Crippen LogP contribution in [0.1, 0.15) is 45.2 Å². The van der Waals surface area contributed by atoms with Crippen LogP contribution in [0.15, 0.2) is 39.9 Å². The van der Waals surface area contributed by atoms with Gasteiger partial charge in [0.05, 0.1) is 5.56 Å². The Morgan fingerprint density at radius 1 is 1.16 bits per heavy atom. The molecule has 25 heavy (non-hydrogen) atoms. The molecule has 1 aliphatic heterocycles. The van der Waals surface area contributed by atoms with Crippen LogP contribution in [0.4, 0.5) is 0 Å². The number of aromatic amines is 2. The maximum atomic E-state index is 12.6. The molecular formula is C17H17N3O5. The second-order valence-corrected chi connectivity index (χ2v) is 6.02. The van der Waals surface area contributed by atoms with Crippen molar-refractivity contribution < 1.29 is 14.7 Å². The zero-order valence-electron chi connectivity index (χ0n) is 13.3. The van der Waals surface area contributed by atoms with Crippen molar-refractivity contribution in [3.05, 3.63) is 68.0 Å². The monoisotopic (exact) mass is 343 g/mol. The van der Waals surface area contributed by atoms with Gasteiger partial charge < -0.3 is 15.0 Å². The minimum Gasteiger partial charge on any atom is -0.478 e. The number of carbonyl (C=O) groups excluding carboxylic acids is 1. The largest absolute Gasteiger partial charge is 0.478 e. The highest BCUT2D eigenvalue weighted by molar-refractivity contribution is 5.92. The van der Waals surface area contributed by atoms with Crippen molar-refractivity contribution in [3.8, 4) is 0 Å². The van der Waals surface area contributed by atoms with Crippen LogP contribution in [-0.4, -0.2) is 44.9 Å². The summed E-state index contributed by atoms with van der Waals surface area (Å²) in [6.45, 7) is 0.916. The lowest BCUT2D eigenvalue weighted by molar-refractivity contribution is 0.0685. The third-order valence-electron chi connectivity index (χ3n) is 4.30. The topological polar surface area (TPSA) is 123 Å². The zero-order chi connectivity index (χ0) is 18.0. The summed E-state index contributed by atoms with van der Waals surface area (Å²) in [4.78, 5) is 52.4. The van der Waals surface area contributed by atoms with E-state index in [2.05, 4.69) is 4.98 Å². The molecule has 1 atom stereocenters. The van der Waals surface area contributed by atoms with E-state index in [4.69, 9.17) is 5.11 Å². The first-order chi connectivity index (χ1) is 11.9. The van der Waals surface area contributed by atoms with E-state index in [9.17, 15) is 19.2 Å². The Bertz CT molecular complexity index is 902. The van der Waals surface area contributed by atoms with Crippen LogP contribution < -0.4 is 11.2 Å². The van der Waals surface area contributed by atoms with Crippen LogP contribution in [0.3, 0.4) is 0 Å². The molecule has 130 valence electrons. The first-order valence-electron chi connectivity index (χ1n) is 7.90. The molecule has 0 spiro atoms. The third kappa shape index (κ3) is 3.68. The number of carboxylic acid groups (broad SMARTS) is 1. The number of nitrogens with zero attached hydrogens (tertiary/aromatic N) is 1. The molecular weight excluding hydrogens is 326 g/mol. The molecule has 1 saturated heterocycles. The van der Waals surface area contributed by atoms with Gasteiger partial charge in [-0.1, -0.05) is 12.1 Å². The molecule has 8 nitrogen and oxygen atoms in total. The van der Waals surface area contributed by atoms with Gasteiger partial charge in [-0.15, -0.1) is 0 Å². The van der Waals surface area contributed by atoms with E-state index in [1.807, 2.05) is 11.1 Å². The fourth-order valence-electron chi connectivity index (χ4n) is 3.11. The van der Waals surface area contributed by atoms with Crippen molar-refractivity contribution in [1.29, 1.82) is 0 Å². The van der Waals surface area contributed by atoms with E-state index >= 15 is 0 Å². The molecule has 2 heterocycles. The molecule has 1 amide bonds. The fourth-order valence-corrected chi connectivity index (χ4v) is 3.11. The summed E-state index contributed by atoms with van der Waals surface area (Å²) in [7, 11) is 0. The van der Waals surface area contributed by atoms with Gasteiger partial charge in [0, 0.05) is 25.1 Å². The first kappa shape index (κ1) is 16.7. The zero-order valence-corrected chi connectivity index (χ0v) is 13.3. The van der Waals surface area contributed by atoms with Crippen molar-refractivity contribution in [1.82, 2.24) is 14.9 Å². The molecule has 3 N–H and O–H groups in total. The lowest BCUT2D eigenvalue weighted by atomic mass is 9.89. The average molecular weight is 343 g/mol. The van der Waals surface area contributed by atoms with Gasteiger partial charge in [0.15, 0.2) is 0 Å². The number of nitrogens with one attached hydrogen (secondary N) is 2. The number of H-pyrrole nitrogens is 2. The number of hydrogen-bond donors (Lipinski definition) is 3. The van der Waals surface area contributed by atoms with E-state index in [0.29, 0.717) is 13.1 Å². The average Bonchev–Trinajstić information content (AvgIpc) is 2.60. The van der Waals surface area contributed by atoms with Crippen molar-refractivity contribution in [3.63, 3.8) is 0 Å². The van der Waals surface area contributed by atoms with E-state index in [1.165, 1.54) is 6.07 Å². The van der Waals surface area contributed by atoms with Crippen LogP contribution in [-0.2, 0) is 0 Å². The summed E-state index contributed by atoms with van der Waals surface area (Å²) in [5, 5.41) is 9.12. The maximum absolute atomic E-state index is 12.6. The first-order valence-corrected chi connectivity index (χ1v) is 7.90. The van der Waals surface area contributed by atoms with Crippen molar-refractivity contribution in [2.45, 2.75) is 18.8 Å². The van der Waals surface area contributed by atoms with Crippen LogP contribution in [0.2, 0.25) is 0 Å². The third-order valence-corrected chi connectivity index (χ3v) is 4.30. The molecule has 1 unspecified atom stereocenters.